The van der Waals surface area contributed by atoms with E-state index in [9.17, 15) is 0 Å². The second-order valence-corrected chi connectivity index (χ2v) is 5.43. The largest absolute Gasteiger partial charge is 0.330 e. The highest BCUT2D eigenvalue weighted by Crippen LogP contribution is 2.31. The molecule has 2 heteroatoms. The Hall–Kier alpha value is -0.860. The zero-order chi connectivity index (χ0) is 13.0. The Morgan fingerprint density at radius 1 is 1.33 bits per heavy atom. The fraction of sp³-hybridized carbons (Fsp3) is 0.625. The highest BCUT2D eigenvalue weighted by Gasteiger charge is 2.27. The first-order valence-corrected chi connectivity index (χ1v) is 7.31. The van der Waals surface area contributed by atoms with Crippen LogP contribution in [-0.2, 0) is 6.42 Å². The van der Waals surface area contributed by atoms with E-state index < -0.39 is 0 Å². The standard InChI is InChI=1S/C16H26N2/c1-3-16(18-12-4-5-13(18)2)15-8-6-14(7-9-15)10-11-17/h6-9,13,16H,3-5,10-12,17H2,1-2H3. The summed E-state index contributed by atoms with van der Waals surface area (Å²) in [5, 5.41) is 0. The van der Waals surface area contributed by atoms with Crippen molar-refractivity contribution in [2.45, 2.75) is 51.6 Å². The van der Waals surface area contributed by atoms with Crippen LogP contribution in [0.3, 0.4) is 0 Å². The van der Waals surface area contributed by atoms with Crippen LogP contribution in [0, 0.1) is 0 Å². The molecule has 1 aliphatic rings. The summed E-state index contributed by atoms with van der Waals surface area (Å²) >= 11 is 0. The van der Waals surface area contributed by atoms with Gasteiger partial charge in [0.1, 0.15) is 0 Å². The molecule has 0 spiro atoms. The fourth-order valence-corrected chi connectivity index (χ4v) is 3.15. The maximum atomic E-state index is 5.59. The van der Waals surface area contributed by atoms with Gasteiger partial charge in [0.05, 0.1) is 0 Å². The highest BCUT2D eigenvalue weighted by molar-refractivity contribution is 5.25. The molecule has 1 fully saturated rings. The van der Waals surface area contributed by atoms with Gasteiger partial charge in [-0.3, -0.25) is 4.90 Å². The summed E-state index contributed by atoms with van der Waals surface area (Å²) in [5.74, 6) is 0. The second kappa shape index (κ2) is 6.35. The lowest BCUT2D eigenvalue weighted by atomic mass is 10.00. The molecule has 2 atom stereocenters. The number of nitrogens with two attached hydrogens (primary N) is 1. The average molecular weight is 246 g/mol. The molecule has 0 saturated carbocycles. The van der Waals surface area contributed by atoms with E-state index in [0.717, 1.165) is 19.0 Å². The third-order valence-corrected chi connectivity index (χ3v) is 4.19. The predicted molar refractivity (Wildman–Crippen MR) is 77.6 cm³/mol. The number of hydrogen-bond donors (Lipinski definition) is 1. The third-order valence-electron chi connectivity index (χ3n) is 4.19. The summed E-state index contributed by atoms with van der Waals surface area (Å²) in [6, 6.07) is 10.4. The van der Waals surface area contributed by atoms with E-state index in [0.29, 0.717) is 6.04 Å². The van der Waals surface area contributed by atoms with Crippen LogP contribution in [0.15, 0.2) is 24.3 Å². The molecular weight excluding hydrogens is 220 g/mol. The summed E-state index contributed by atoms with van der Waals surface area (Å²) in [6.07, 6.45) is 4.88. The molecule has 1 aliphatic heterocycles. The van der Waals surface area contributed by atoms with Crippen molar-refractivity contribution in [1.29, 1.82) is 0 Å². The van der Waals surface area contributed by atoms with Crippen molar-refractivity contribution >= 4 is 0 Å². The molecule has 0 amide bonds. The lowest BCUT2D eigenvalue weighted by Crippen LogP contribution is -2.31. The molecule has 2 nitrogen and oxygen atoms in total. The highest BCUT2D eigenvalue weighted by atomic mass is 15.2. The summed E-state index contributed by atoms with van der Waals surface area (Å²) in [6.45, 7) is 6.64. The lowest BCUT2D eigenvalue weighted by molar-refractivity contribution is 0.186. The number of benzene rings is 1. The zero-order valence-electron chi connectivity index (χ0n) is 11.7. The summed E-state index contributed by atoms with van der Waals surface area (Å²) < 4.78 is 0. The van der Waals surface area contributed by atoms with Crippen molar-refractivity contribution in [3.8, 4) is 0 Å². The van der Waals surface area contributed by atoms with Gasteiger partial charge >= 0.3 is 0 Å². The summed E-state index contributed by atoms with van der Waals surface area (Å²) in [5.41, 5.74) is 8.41. The zero-order valence-corrected chi connectivity index (χ0v) is 11.7. The molecular formula is C16H26N2. The first kappa shape index (κ1) is 13.6. The van der Waals surface area contributed by atoms with Crippen molar-refractivity contribution < 1.29 is 0 Å². The minimum atomic E-state index is 0.592. The van der Waals surface area contributed by atoms with Gasteiger partial charge in [-0.1, -0.05) is 31.2 Å². The molecule has 1 heterocycles. The van der Waals surface area contributed by atoms with Gasteiger partial charge < -0.3 is 5.73 Å². The van der Waals surface area contributed by atoms with E-state index in [-0.39, 0.29) is 0 Å². The van der Waals surface area contributed by atoms with Crippen LogP contribution in [-0.4, -0.2) is 24.0 Å². The van der Waals surface area contributed by atoms with E-state index in [1.54, 1.807) is 0 Å². The van der Waals surface area contributed by atoms with Crippen molar-refractivity contribution in [3.05, 3.63) is 35.4 Å². The summed E-state index contributed by atoms with van der Waals surface area (Å²) in [4.78, 5) is 2.66. The van der Waals surface area contributed by atoms with Crippen LogP contribution in [0.4, 0.5) is 0 Å². The topological polar surface area (TPSA) is 29.3 Å². The van der Waals surface area contributed by atoms with Gasteiger partial charge in [-0.2, -0.15) is 0 Å². The molecule has 0 aliphatic carbocycles. The molecule has 1 aromatic carbocycles. The average Bonchev–Trinajstić information content (AvgIpc) is 2.79. The van der Waals surface area contributed by atoms with Gasteiger partial charge in [-0.05, 0) is 56.8 Å². The Bertz CT molecular complexity index is 358. The van der Waals surface area contributed by atoms with Gasteiger partial charge in [-0.15, -0.1) is 0 Å². The molecule has 1 saturated heterocycles. The van der Waals surface area contributed by atoms with Crippen LogP contribution in [0.5, 0.6) is 0 Å². The van der Waals surface area contributed by atoms with Crippen molar-refractivity contribution in [2.24, 2.45) is 5.73 Å². The Morgan fingerprint density at radius 2 is 2.06 bits per heavy atom. The predicted octanol–water partition coefficient (Wildman–Crippen LogP) is 3.12. The molecule has 2 rings (SSSR count). The van der Waals surface area contributed by atoms with Crippen molar-refractivity contribution in [3.63, 3.8) is 0 Å². The summed E-state index contributed by atoms with van der Waals surface area (Å²) in [7, 11) is 0. The number of nitrogens with zero attached hydrogens (tertiary/aromatic N) is 1. The Kier molecular flexibility index (Phi) is 4.79. The fourth-order valence-electron chi connectivity index (χ4n) is 3.15. The molecule has 18 heavy (non-hydrogen) atoms. The van der Waals surface area contributed by atoms with Crippen LogP contribution in [0.1, 0.15) is 50.3 Å². The van der Waals surface area contributed by atoms with E-state index >= 15 is 0 Å². The van der Waals surface area contributed by atoms with Crippen molar-refractivity contribution in [2.75, 3.05) is 13.1 Å². The maximum Gasteiger partial charge on any atom is 0.0348 e. The van der Waals surface area contributed by atoms with Gasteiger partial charge in [0, 0.05) is 12.1 Å². The molecule has 1 aromatic rings. The molecule has 0 bridgehead atoms. The first-order chi connectivity index (χ1) is 8.76. The van der Waals surface area contributed by atoms with E-state index in [4.69, 9.17) is 5.73 Å². The maximum absolute atomic E-state index is 5.59. The SMILES string of the molecule is CCC(c1ccc(CCN)cc1)N1CCCC1C. The molecule has 2 N–H and O–H groups in total. The van der Waals surface area contributed by atoms with Crippen LogP contribution in [0.25, 0.3) is 0 Å². The molecule has 0 aromatic heterocycles. The third kappa shape index (κ3) is 2.93. The minimum absolute atomic E-state index is 0.592. The smallest absolute Gasteiger partial charge is 0.0348 e. The van der Waals surface area contributed by atoms with Gasteiger partial charge in [0.15, 0.2) is 0 Å². The minimum Gasteiger partial charge on any atom is -0.330 e. The number of rotatable bonds is 5. The Balaban J connectivity index is 2.11. The molecule has 2 unspecified atom stereocenters. The Morgan fingerprint density at radius 3 is 2.56 bits per heavy atom. The molecule has 100 valence electrons. The van der Waals surface area contributed by atoms with E-state index in [1.165, 1.54) is 36.9 Å². The second-order valence-electron chi connectivity index (χ2n) is 5.43. The van der Waals surface area contributed by atoms with E-state index in [1.807, 2.05) is 0 Å². The Labute approximate surface area is 111 Å². The van der Waals surface area contributed by atoms with Gasteiger partial charge in [0.2, 0.25) is 0 Å². The first-order valence-electron chi connectivity index (χ1n) is 7.31. The van der Waals surface area contributed by atoms with Gasteiger partial charge in [0.25, 0.3) is 0 Å². The monoisotopic (exact) mass is 246 g/mol. The lowest BCUT2D eigenvalue weighted by Gasteiger charge is -2.31. The normalized spacial score (nSPS) is 22.3. The molecule has 0 radical (unpaired) electrons. The van der Waals surface area contributed by atoms with E-state index in [2.05, 4.69) is 43.0 Å². The van der Waals surface area contributed by atoms with Crippen LogP contribution in [0.2, 0.25) is 0 Å². The van der Waals surface area contributed by atoms with Crippen LogP contribution >= 0.6 is 0 Å². The van der Waals surface area contributed by atoms with Crippen LogP contribution < -0.4 is 5.73 Å². The quantitative estimate of drug-likeness (QED) is 0.865. The number of likely N-dealkylation sites (tertiary alicyclic amines) is 1. The van der Waals surface area contributed by atoms with Crippen molar-refractivity contribution in [1.82, 2.24) is 4.90 Å². The number of hydrogen-bond acceptors (Lipinski definition) is 2. The van der Waals surface area contributed by atoms with Gasteiger partial charge in [-0.25, -0.2) is 0 Å².